The lowest BCUT2D eigenvalue weighted by molar-refractivity contribution is 0.0713. The summed E-state index contributed by atoms with van der Waals surface area (Å²) in [4.78, 5) is 12.2. The lowest BCUT2D eigenvalue weighted by atomic mass is 9.98. The molecular weight excluding hydrogens is 302 g/mol. The van der Waals surface area contributed by atoms with Crippen molar-refractivity contribution in [3.05, 3.63) is 70.8 Å². The van der Waals surface area contributed by atoms with Crippen molar-refractivity contribution in [2.75, 3.05) is 0 Å². The molecule has 2 aromatic carbocycles. The summed E-state index contributed by atoms with van der Waals surface area (Å²) in [6.07, 6.45) is 1.46. The van der Waals surface area contributed by atoms with E-state index in [1.54, 1.807) is 13.8 Å². The van der Waals surface area contributed by atoms with Crippen LogP contribution in [0.15, 0.2) is 48.5 Å². The first-order chi connectivity index (χ1) is 11.4. The van der Waals surface area contributed by atoms with Gasteiger partial charge in [0.25, 0.3) is 5.91 Å². The Morgan fingerprint density at radius 1 is 0.958 bits per heavy atom. The second kappa shape index (κ2) is 8.08. The average molecular weight is 327 g/mol. The molecule has 1 amide bonds. The summed E-state index contributed by atoms with van der Waals surface area (Å²) >= 11 is 0. The topological polar surface area (TPSA) is 69.6 Å². The minimum Gasteiger partial charge on any atom is -0.392 e. The highest BCUT2D eigenvalue weighted by Gasteiger charge is 2.12. The number of rotatable bonds is 7. The molecule has 0 radical (unpaired) electrons. The maximum Gasteiger partial charge on any atom is 0.251 e. The van der Waals surface area contributed by atoms with Gasteiger partial charge < -0.3 is 15.5 Å². The molecule has 0 heterocycles. The number of carbonyl (C=O) groups excluding carboxylic acids is 1. The van der Waals surface area contributed by atoms with E-state index in [2.05, 4.69) is 5.32 Å². The minimum absolute atomic E-state index is 0.0203. The first-order valence-corrected chi connectivity index (χ1v) is 8.15. The van der Waals surface area contributed by atoms with Crippen LogP contribution >= 0.6 is 0 Å². The Balaban J connectivity index is 1.87. The van der Waals surface area contributed by atoms with Crippen molar-refractivity contribution in [1.29, 1.82) is 0 Å². The number of aliphatic hydroxyl groups is 2. The predicted octanol–water partition coefficient (Wildman–Crippen LogP) is 2.81. The molecule has 0 bridgehead atoms. The molecule has 2 rings (SSSR count). The third-order valence-corrected chi connectivity index (χ3v) is 3.90. The normalized spacial score (nSPS) is 11.3. The summed E-state index contributed by atoms with van der Waals surface area (Å²) in [6.45, 7) is 4.06. The van der Waals surface area contributed by atoms with Crippen LogP contribution in [-0.4, -0.2) is 21.7 Å². The van der Waals surface area contributed by atoms with Crippen molar-refractivity contribution in [3.8, 4) is 0 Å². The van der Waals surface area contributed by atoms with E-state index in [0.29, 0.717) is 18.5 Å². The highest BCUT2D eigenvalue weighted by Crippen LogP contribution is 2.14. The van der Waals surface area contributed by atoms with E-state index in [1.807, 2.05) is 48.5 Å². The number of aryl methyl sites for hydroxylation is 1. The third kappa shape index (κ3) is 5.80. The van der Waals surface area contributed by atoms with Gasteiger partial charge in [0.2, 0.25) is 0 Å². The Morgan fingerprint density at radius 2 is 1.50 bits per heavy atom. The largest absolute Gasteiger partial charge is 0.392 e. The van der Waals surface area contributed by atoms with Gasteiger partial charge in [-0.3, -0.25) is 4.79 Å². The minimum atomic E-state index is -0.679. The molecule has 0 saturated heterocycles. The molecule has 3 N–H and O–H groups in total. The molecule has 0 aliphatic heterocycles. The molecule has 2 aromatic rings. The van der Waals surface area contributed by atoms with Crippen LogP contribution in [0.4, 0.5) is 0 Å². The number of amides is 1. The number of carbonyl (C=O) groups is 1. The average Bonchev–Trinajstić information content (AvgIpc) is 2.58. The first-order valence-electron chi connectivity index (χ1n) is 8.15. The van der Waals surface area contributed by atoms with Crippen LogP contribution in [0.25, 0.3) is 0 Å². The van der Waals surface area contributed by atoms with E-state index in [9.17, 15) is 9.90 Å². The van der Waals surface area contributed by atoms with Gasteiger partial charge in [0.1, 0.15) is 0 Å². The fraction of sp³-hybridized carbons (Fsp3) is 0.350. The molecule has 0 atom stereocenters. The van der Waals surface area contributed by atoms with Crippen LogP contribution in [0.5, 0.6) is 0 Å². The lowest BCUT2D eigenvalue weighted by Crippen LogP contribution is -2.22. The van der Waals surface area contributed by atoms with Crippen molar-refractivity contribution in [2.24, 2.45) is 0 Å². The van der Waals surface area contributed by atoms with Crippen molar-refractivity contribution >= 4 is 5.91 Å². The molecule has 0 unspecified atom stereocenters. The molecular formula is C20H25NO3. The standard InChI is InChI=1S/C20H25NO3/c1-20(2,24)12-11-15-7-9-18(10-8-15)19(23)21-13-16-3-5-17(14-22)6-4-16/h3-10,22,24H,11-14H2,1-2H3,(H,21,23). The summed E-state index contributed by atoms with van der Waals surface area (Å²) < 4.78 is 0. The van der Waals surface area contributed by atoms with Gasteiger partial charge in [0, 0.05) is 12.1 Å². The number of aliphatic hydroxyl groups excluding tert-OH is 1. The fourth-order valence-corrected chi connectivity index (χ4v) is 2.32. The van der Waals surface area contributed by atoms with E-state index in [-0.39, 0.29) is 12.5 Å². The predicted molar refractivity (Wildman–Crippen MR) is 94.6 cm³/mol. The monoisotopic (exact) mass is 327 g/mol. The molecule has 0 aliphatic rings. The van der Waals surface area contributed by atoms with Gasteiger partial charge in [-0.1, -0.05) is 36.4 Å². The quantitative estimate of drug-likeness (QED) is 0.732. The second-order valence-electron chi connectivity index (χ2n) is 6.67. The number of hydrogen-bond acceptors (Lipinski definition) is 3. The van der Waals surface area contributed by atoms with Crippen molar-refractivity contribution in [2.45, 2.75) is 45.4 Å². The second-order valence-corrected chi connectivity index (χ2v) is 6.67. The Labute approximate surface area is 143 Å². The molecule has 0 aromatic heterocycles. The lowest BCUT2D eigenvalue weighted by Gasteiger charge is -2.16. The smallest absolute Gasteiger partial charge is 0.251 e. The maximum atomic E-state index is 12.2. The molecule has 128 valence electrons. The zero-order chi connectivity index (χ0) is 17.6. The maximum absolute atomic E-state index is 12.2. The van der Waals surface area contributed by atoms with E-state index in [4.69, 9.17) is 5.11 Å². The first kappa shape index (κ1) is 18.2. The van der Waals surface area contributed by atoms with Gasteiger partial charge in [-0.25, -0.2) is 0 Å². The Bertz CT molecular complexity index is 655. The Morgan fingerprint density at radius 3 is 2.04 bits per heavy atom. The van der Waals surface area contributed by atoms with Gasteiger partial charge in [-0.2, -0.15) is 0 Å². The van der Waals surface area contributed by atoms with Crippen molar-refractivity contribution in [1.82, 2.24) is 5.32 Å². The molecule has 4 nitrogen and oxygen atoms in total. The van der Waals surface area contributed by atoms with Crippen LogP contribution in [0.3, 0.4) is 0 Å². The summed E-state index contributed by atoms with van der Waals surface area (Å²) in [6, 6.07) is 15.0. The van der Waals surface area contributed by atoms with Crippen LogP contribution in [0.1, 0.15) is 47.3 Å². The Hall–Kier alpha value is -2.17. The Kier molecular flexibility index (Phi) is 6.12. The van der Waals surface area contributed by atoms with E-state index >= 15 is 0 Å². The van der Waals surface area contributed by atoms with Gasteiger partial charge in [-0.15, -0.1) is 0 Å². The van der Waals surface area contributed by atoms with Crippen LogP contribution in [0.2, 0.25) is 0 Å². The molecule has 24 heavy (non-hydrogen) atoms. The van der Waals surface area contributed by atoms with Crippen molar-refractivity contribution < 1.29 is 15.0 Å². The van der Waals surface area contributed by atoms with Crippen LogP contribution in [0, 0.1) is 0 Å². The summed E-state index contributed by atoms with van der Waals surface area (Å²) in [5.41, 5.74) is 2.89. The van der Waals surface area contributed by atoms with E-state index in [0.717, 1.165) is 23.1 Å². The van der Waals surface area contributed by atoms with Gasteiger partial charge in [0.15, 0.2) is 0 Å². The number of benzene rings is 2. The summed E-state index contributed by atoms with van der Waals surface area (Å²) in [5, 5.41) is 21.7. The van der Waals surface area contributed by atoms with Crippen molar-refractivity contribution in [3.63, 3.8) is 0 Å². The summed E-state index contributed by atoms with van der Waals surface area (Å²) in [7, 11) is 0. The highest BCUT2D eigenvalue weighted by atomic mass is 16.3. The van der Waals surface area contributed by atoms with E-state index in [1.165, 1.54) is 0 Å². The highest BCUT2D eigenvalue weighted by molar-refractivity contribution is 5.94. The molecule has 0 aliphatic carbocycles. The van der Waals surface area contributed by atoms with Crippen LogP contribution < -0.4 is 5.32 Å². The van der Waals surface area contributed by atoms with E-state index < -0.39 is 5.60 Å². The zero-order valence-corrected chi connectivity index (χ0v) is 14.2. The SMILES string of the molecule is CC(C)(O)CCc1ccc(C(=O)NCc2ccc(CO)cc2)cc1. The molecule has 0 saturated carbocycles. The number of hydrogen-bond donors (Lipinski definition) is 3. The summed E-state index contributed by atoms with van der Waals surface area (Å²) in [5.74, 6) is -0.115. The van der Waals surface area contributed by atoms with Gasteiger partial charge >= 0.3 is 0 Å². The zero-order valence-electron chi connectivity index (χ0n) is 14.2. The number of nitrogens with one attached hydrogen (secondary N) is 1. The third-order valence-electron chi connectivity index (χ3n) is 3.90. The fourth-order valence-electron chi connectivity index (χ4n) is 2.32. The van der Waals surface area contributed by atoms with Gasteiger partial charge in [-0.05, 0) is 55.5 Å². The molecule has 0 spiro atoms. The molecule has 0 fully saturated rings. The van der Waals surface area contributed by atoms with Gasteiger partial charge in [0.05, 0.1) is 12.2 Å². The molecule has 4 heteroatoms. The van der Waals surface area contributed by atoms with Crippen LogP contribution in [-0.2, 0) is 19.6 Å².